The summed E-state index contributed by atoms with van der Waals surface area (Å²) in [4.78, 5) is 0. The quantitative estimate of drug-likeness (QED) is 0.881. The lowest BCUT2D eigenvalue weighted by atomic mass is 9.95. The summed E-state index contributed by atoms with van der Waals surface area (Å²) in [6, 6.07) is 4.54. The van der Waals surface area contributed by atoms with Gasteiger partial charge >= 0.3 is 0 Å². The molecule has 19 heavy (non-hydrogen) atoms. The van der Waals surface area contributed by atoms with Crippen molar-refractivity contribution in [1.29, 1.82) is 0 Å². The van der Waals surface area contributed by atoms with Gasteiger partial charge < -0.3 is 10.1 Å². The molecule has 1 saturated carbocycles. The highest BCUT2D eigenvalue weighted by atomic mass is 19.2. The summed E-state index contributed by atoms with van der Waals surface area (Å²) in [5.41, 5.74) is 0. The molecule has 2 rings (SSSR count). The van der Waals surface area contributed by atoms with Gasteiger partial charge in [0.25, 0.3) is 0 Å². The van der Waals surface area contributed by atoms with E-state index < -0.39 is 11.6 Å². The van der Waals surface area contributed by atoms with Crippen molar-refractivity contribution >= 4 is 0 Å². The second kappa shape index (κ2) is 6.85. The number of hydrogen-bond acceptors (Lipinski definition) is 2. The fourth-order valence-electron chi connectivity index (χ4n) is 2.47. The number of benzene rings is 1. The maximum atomic E-state index is 13.4. The highest BCUT2D eigenvalue weighted by molar-refractivity contribution is 5.25. The Morgan fingerprint density at radius 1 is 1.26 bits per heavy atom. The summed E-state index contributed by atoms with van der Waals surface area (Å²) in [5.74, 6) is -1.80. The van der Waals surface area contributed by atoms with Gasteiger partial charge in [-0.15, -0.1) is 0 Å². The van der Waals surface area contributed by atoms with E-state index in [-0.39, 0.29) is 11.9 Å². The minimum atomic E-state index is -0.910. The Hall–Kier alpha value is -1.16. The monoisotopic (exact) mass is 269 g/mol. The fraction of sp³-hybridized carbons (Fsp3) is 0.600. The van der Waals surface area contributed by atoms with Crippen LogP contribution in [-0.4, -0.2) is 18.7 Å². The van der Waals surface area contributed by atoms with Crippen LogP contribution in [0.15, 0.2) is 18.2 Å². The molecule has 4 heteroatoms. The summed E-state index contributed by atoms with van der Waals surface area (Å²) in [7, 11) is 0. The predicted octanol–water partition coefficient (Wildman–Crippen LogP) is 3.65. The van der Waals surface area contributed by atoms with Crippen molar-refractivity contribution in [2.75, 3.05) is 6.54 Å². The van der Waals surface area contributed by atoms with Gasteiger partial charge in [-0.25, -0.2) is 4.39 Å². The molecule has 1 aliphatic rings. The molecule has 1 atom stereocenters. The average Bonchev–Trinajstić information content (AvgIpc) is 2.43. The molecule has 0 spiro atoms. The normalized spacial score (nSPS) is 18.3. The molecule has 1 unspecified atom stereocenters. The molecule has 0 heterocycles. The average molecular weight is 269 g/mol. The lowest BCUT2D eigenvalue weighted by Crippen LogP contribution is -2.37. The van der Waals surface area contributed by atoms with Crippen LogP contribution in [0.5, 0.6) is 5.75 Å². The van der Waals surface area contributed by atoms with Crippen LogP contribution >= 0.6 is 0 Å². The molecule has 106 valence electrons. The van der Waals surface area contributed by atoms with E-state index in [0.29, 0.717) is 12.6 Å². The topological polar surface area (TPSA) is 21.3 Å². The lowest BCUT2D eigenvalue weighted by Gasteiger charge is -2.25. The minimum Gasteiger partial charge on any atom is -0.486 e. The summed E-state index contributed by atoms with van der Waals surface area (Å²) in [6.45, 7) is 2.51. The standard InChI is InChI=1S/C15H21F2NO/c1-11(10-18-12-6-3-2-4-7-12)19-14-9-5-8-13(16)15(14)17/h5,8-9,11-12,18H,2-4,6-7,10H2,1H3. The van der Waals surface area contributed by atoms with E-state index in [1.54, 1.807) is 0 Å². The van der Waals surface area contributed by atoms with Crippen LogP contribution in [-0.2, 0) is 0 Å². The second-order valence-electron chi connectivity index (χ2n) is 5.22. The predicted molar refractivity (Wildman–Crippen MR) is 71.3 cm³/mol. The maximum absolute atomic E-state index is 13.4. The second-order valence-corrected chi connectivity index (χ2v) is 5.22. The molecular weight excluding hydrogens is 248 g/mol. The number of halogens is 2. The van der Waals surface area contributed by atoms with Crippen molar-refractivity contribution in [2.45, 2.75) is 51.2 Å². The van der Waals surface area contributed by atoms with Gasteiger partial charge in [0, 0.05) is 12.6 Å². The van der Waals surface area contributed by atoms with E-state index >= 15 is 0 Å². The van der Waals surface area contributed by atoms with E-state index in [2.05, 4.69) is 5.32 Å². The summed E-state index contributed by atoms with van der Waals surface area (Å²) >= 11 is 0. The molecule has 1 aliphatic carbocycles. The Balaban J connectivity index is 1.80. The Labute approximate surface area is 113 Å². The summed E-state index contributed by atoms with van der Waals surface area (Å²) in [6.07, 6.45) is 6.07. The van der Waals surface area contributed by atoms with Gasteiger partial charge in [-0.1, -0.05) is 25.3 Å². The Morgan fingerprint density at radius 2 is 2.00 bits per heavy atom. The van der Waals surface area contributed by atoms with Crippen LogP contribution in [0.2, 0.25) is 0 Å². The van der Waals surface area contributed by atoms with Crippen molar-refractivity contribution in [3.63, 3.8) is 0 Å². The smallest absolute Gasteiger partial charge is 0.200 e. The minimum absolute atomic E-state index is 0.0158. The van der Waals surface area contributed by atoms with Gasteiger partial charge in [0.1, 0.15) is 6.10 Å². The fourth-order valence-corrected chi connectivity index (χ4v) is 2.47. The Kier molecular flexibility index (Phi) is 5.14. The van der Waals surface area contributed by atoms with Crippen molar-refractivity contribution in [3.8, 4) is 5.75 Å². The van der Waals surface area contributed by atoms with Crippen molar-refractivity contribution in [3.05, 3.63) is 29.8 Å². The van der Waals surface area contributed by atoms with Crippen LogP contribution in [0.4, 0.5) is 8.78 Å². The molecule has 0 amide bonds. The van der Waals surface area contributed by atoms with Gasteiger partial charge in [0.15, 0.2) is 11.6 Å². The first-order valence-corrected chi connectivity index (χ1v) is 7.01. The van der Waals surface area contributed by atoms with E-state index in [1.807, 2.05) is 6.92 Å². The molecular formula is C15H21F2NO. The molecule has 0 saturated heterocycles. The SMILES string of the molecule is CC(CNC1CCCCC1)Oc1cccc(F)c1F. The van der Waals surface area contributed by atoms with E-state index in [1.165, 1.54) is 44.2 Å². The highest BCUT2D eigenvalue weighted by Gasteiger charge is 2.15. The van der Waals surface area contributed by atoms with Crippen LogP contribution < -0.4 is 10.1 Å². The van der Waals surface area contributed by atoms with Gasteiger partial charge in [-0.2, -0.15) is 4.39 Å². The largest absolute Gasteiger partial charge is 0.486 e. The van der Waals surface area contributed by atoms with E-state index in [9.17, 15) is 8.78 Å². The first-order chi connectivity index (χ1) is 9.16. The number of nitrogens with one attached hydrogen (secondary N) is 1. The Bertz CT molecular complexity index is 405. The maximum Gasteiger partial charge on any atom is 0.200 e. The molecule has 1 aromatic carbocycles. The third-order valence-electron chi connectivity index (χ3n) is 3.54. The van der Waals surface area contributed by atoms with E-state index in [0.717, 1.165) is 6.07 Å². The zero-order valence-electron chi connectivity index (χ0n) is 11.3. The Morgan fingerprint density at radius 3 is 2.74 bits per heavy atom. The molecule has 0 radical (unpaired) electrons. The van der Waals surface area contributed by atoms with Crippen molar-refractivity contribution < 1.29 is 13.5 Å². The molecule has 1 N–H and O–H groups in total. The molecule has 0 aliphatic heterocycles. The van der Waals surface area contributed by atoms with Crippen LogP contribution in [0.25, 0.3) is 0 Å². The van der Waals surface area contributed by atoms with Gasteiger partial charge in [-0.3, -0.25) is 0 Å². The lowest BCUT2D eigenvalue weighted by molar-refractivity contribution is 0.195. The molecule has 2 nitrogen and oxygen atoms in total. The van der Waals surface area contributed by atoms with Crippen LogP contribution in [0.1, 0.15) is 39.0 Å². The molecule has 1 fully saturated rings. The van der Waals surface area contributed by atoms with Crippen LogP contribution in [0.3, 0.4) is 0 Å². The van der Waals surface area contributed by atoms with Gasteiger partial charge in [-0.05, 0) is 31.9 Å². The molecule has 1 aromatic rings. The summed E-state index contributed by atoms with van der Waals surface area (Å²) in [5, 5.41) is 3.43. The molecule has 0 bridgehead atoms. The highest BCUT2D eigenvalue weighted by Crippen LogP contribution is 2.21. The zero-order valence-corrected chi connectivity index (χ0v) is 11.3. The van der Waals surface area contributed by atoms with Gasteiger partial charge in [0.2, 0.25) is 5.82 Å². The summed E-state index contributed by atoms with van der Waals surface area (Å²) < 4.78 is 31.9. The zero-order chi connectivity index (χ0) is 13.7. The third-order valence-corrected chi connectivity index (χ3v) is 3.54. The van der Waals surface area contributed by atoms with Crippen LogP contribution in [0, 0.1) is 11.6 Å². The number of ether oxygens (including phenoxy) is 1. The van der Waals surface area contributed by atoms with Gasteiger partial charge in [0.05, 0.1) is 0 Å². The van der Waals surface area contributed by atoms with Crippen molar-refractivity contribution in [1.82, 2.24) is 5.32 Å². The first kappa shape index (κ1) is 14.3. The first-order valence-electron chi connectivity index (χ1n) is 7.01. The number of rotatable bonds is 5. The van der Waals surface area contributed by atoms with Crippen molar-refractivity contribution in [2.24, 2.45) is 0 Å². The van der Waals surface area contributed by atoms with E-state index in [4.69, 9.17) is 4.74 Å². The molecule has 0 aromatic heterocycles. The number of hydrogen-bond donors (Lipinski definition) is 1. The third kappa shape index (κ3) is 4.16.